The molecule has 0 saturated carbocycles. The Labute approximate surface area is 98.9 Å². The van der Waals surface area contributed by atoms with Gasteiger partial charge in [-0.05, 0) is 12.8 Å². The molecule has 4 N–H and O–H groups in total. The van der Waals surface area contributed by atoms with Crippen LogP contribution in [-0.4, -0.2) is 53.5 Å². The van der Waals surface area contributed by atoms with E-state index in [1.165, 1.54) is 4.90 Å². The van der Waals surface area contributed by atoms with E-state index in [1.807, 2.05) is 0 Å². The van der Waals surface area contributed by atoms with Crippen LogP contribution >= 0.6 is 0 Å². The predicted molar refractivity (Wildman–Crippen MR) is 59.1 cm³/mol. The van der Waals surface area contributed by atoms with Crippen LogP contribution < -0.4 is 11.1 Å². The number of hydrogen-bond donors (Lipinski definition) is 3. The van der Waals surface area contributed by atoms with Crippen LogP contribution in [0.5, 0.6) is 0 Å². The molecule has 0 aromatic rings. The number of amides is 2. The van der Waals surface area contributed by atoms with Crippen molar-refractivity contribution in [3.8, 4) is 0 Å². The van der Waals surface area contributed by atoms with E-state index >= 15 is 0 Å². The number of rotatable bonds is 5. The zero-order valence-electron chi connectivity index (χ0n) is 9.52. The molecule has 1 aliphatic rings. The van der Waals surface area contributed by atoms with Crippen molar-refractivity contribution >= 4 is 17.8 Å². The molecule has 1 saturated heterocycles. The van der Waals surface area contributed by atoms with E-state index in [1.54, 1.807) is 0 Å². The highest BCUT2D eigenvalue weighted by atomic mass is 16.4. The first kappa shape index (κ1) is 13.4. The van der Waals surface area contributed by atoms with E-state index < -0.39 is 12.0 Å². The lowest BCUT2D eigenvalue weighted by molar-refractivity contribution is -0.138. The molecule has 0 aromatic heterocycles. The summed E-state index contributed by atoms with van der Waals surface area (Å²) < 4.78 is 0. The number of aliphatic carboxylic acids is 1. The molecule has 7 nitrogen and oxygen atoms in total. The molecule has 0 aromatic carbocycles. The summed E-state index contributed by atoms with van der Waals surface area (Å²) in [5.74, 6) is -1.52. The first-order chi connectivity index (χ1) is 8.06. The quantitative estimate of drug-likeness (QED) is 0.545. The number of carbonyl (C=O) groups is 3. The summed E-state index contributed by atoms with van der Waals surface area (Å²) in [4.78, 5) is 34.9. The minimum Gasteiger partial charge on any atom is -0.481 e. The number of carboxylic acid groups (broad SMARTS) is 1. The summed E-state index contributed by atoms with van der Waals surface area (Å²) in [5, 5.41) is 10.9. The number of likely N-dealkylation sites (tertiary alicyclic amines) is 1. The number of carboxylic acids is 1. The van der Waals surface area contributed by atoms with Gasteiger partial charge in [0.2, 0.25) is 11.8 Å². The van der Waals surface area contributed by atoms with Crippen molar-refractivity contribution in [3.63, 3.8) is 0 Å². The molecule has 96 valence electrons. The van der Waals surface area contributed by atoms with Gasteiger partial charge in [0.15, 0.2) is 0 Å². The largest absolute Gasteiger partial charge is 0.481 e. The molecule has 1 atom stereocenters. The third kappa shape index (κ3) is 3.70. The molecular formula is C10H17N3O4. The maximum atomic E-state index is 11.7. The molecule has 2 amide bonds. The number of nitrogens with zero attached hydrogens (tertiary/aromatic N) is 1. The van der Waals surface area contributed by atoms with Crippen molar-refractivity contribution in [1.82, 2.24) is 10.2 Å². The van der Waals surface area contributed by atoms with Crippen molar-refractivity contribution in [1.29, 1.82) is 0 Å². The van der Waals surface area contributed by atoms with Gasteiger partial charge in [0, 0.05) is 13.1 Å². The lowest BCUT2D eigenvalue weighted by Crippen LogP contribution is -2.48. The molecule has 17 heavy (non-hydrogen) atoms. The third-order valence-electron chi connectivity index (χ3n) is 2.69. The van der Waals surface area contributed by atoms with Gasteiger partial charge in [0.1, 0.15) is 6.04 Å². The van der Waals surface area contributed by atoms with Crippen LogP contribution in [0.1, 0.15) is 19.3 Å². The second-order valence-corrected chi connectivity index (χ2v) is 3.88. The van der Waals surface area contributed by atoms with Crippen molar-refractivity contribution in [2.24, 2.45) is 5.73 Å². The molecule has 0 radical (unpaired) electrons. The fourth-order valence-corrected chi connectivity index (χ4v) is 1.87. The molecule has 0 spiro atoms. The molecule has 1 fully saturated rings. The average Bonchev–Trinajstić information content (AvgIpc) is 2.76. The van der Waals surface area contributed by atoms with Gasteiger partial charge in [-0.3, -0.25) is 14.4 Å². The fraction of sp³-hybridized carbons (Fsp3) is 0.700. The summed E-state index contributed by atoms with van der Waals surface area (Å²) in [6, 6.07) is -0.500. The Bertz CT molecular complexity index is 319. The third-order valence-corrected chi connectivity index (χ3v) is 2.69. The highest BCUT2D eigenvalue weighted by molar-refractivity contribution is 5.89. The molecule has 1 aliphatic heterocycles. The number of nitrogens with one attached hydrogen (secondary N) is 1. The van der Waals surface area contributed by atoms with Crippen molar-refractivity contribution in [2.75, 3.05) is 19.6 Å². The topological polar surface area (TPSA) is 113 Å². The second-order valence-electron chi connectivity index (χ2n) is 3.88. The van der Waals surface area contributed by atoms with Gasteiger partial charge in [-0.1, -0.05) is 0 Å². The lowest BCUT2D eigenvalue weighted by atomic mass is 10.2. The van der Waals surface area contributed by atoms with E-state index in [9.17, 15) is 14.4 Å². The summed E-state index contributed by atoms with van der Waals surface area (Å²) in [7, 11) is 0. The maximum Gasteiger partial charge on any atom is 0.305 e. The summed E-state index contributed by atoms with van der Waals surface area (Å²) in [6.07, 6.45) is 1.25. The Hall–Kier alpha value is -1.63. The van der Waals surface area contributed by atoms with E-state index in [2.05, 4.69) is 5.32 Å². The smallest absolute Gasteiger partial charge is 0.305 e. The Kier molecular flexibility index (Phi) is 4.89. The molecule has 0 unspecified atom stereocenters. The molecular weight excluding hydrogens is 226 g/mol. The van der Waals surface area contributed by atoms with Crippen LogP contribution in [0.3, 0.4) is 0 Å². The fourth-order valence-electron chi connectivity index (χ4n) is 1.87. The van der Waals surface area contributed by atoms with Crippen LogP contribution in [-0.2, 0) is 14.4 Å². The zero-order valence-corrected chi connectivity index (χ0v) is 9.52. The van der Waals surface area contributed by atoms with Crippen molar-refractivity contribution in [3.05, 3.63) is 0 Å². The van der Waals surface area contributed by atoms with Crippen LogP contribution in [0.4, 0.5) is 0 Å². The van der Waals surface area contributed by atoms with Gasteiger partial charge in [0.05, 0.1) is 13.0 Å². The van der Waals surface area contributed by atoms with Crippen molar-refractivity contribution in [2.45, 2.75) is 25.3 Å². The van der Waals surface area contributed by atoms with E-state index in [0.717, 1.165) is 6.42 Å². The van der Waals surface area contributed by atoms with Gasteiger partial charge in [-0.15, -0.1) is 0 Å². The Balaban J connectivity index is 2.44. The average molecular weight is 243 g/mol. The zero-order chi connectivity index (χ0) is 12.8. The van der Waals surface area contributed by atoms with E-state index in [4.69, 9.17) is 10.8 Å². The number of hydrogen-bond acceptors (Lipinski definition) is 4. The first-order valence-corrected chi connectivity index (χ1v) is 5.55. The predicted octanol–water partition coefficient (Wildman–Crippen LogP) is -1.47. The van der Waals surface area contributed by atoms with Gasteiger partial charge < -0.3 is 21.1 Å². The number of carbonyl (C=O) groups excluding carboxylic acids is 2. The van der Waals surface area contributed by atoms with Crippen molar-refractivity contribution < 1.29 is 19.5 Å². The standard InChI is InChI=1S/C10H17N3O4/c11-6-8(14)13-5-1-2-7(13)10(17)12-4-3-9(15)16/h7H,1-6,11H2,(H,12,17)(H,15,16)/t7-/m0/s1. The Morgan fingerprint density at radius 2 is 2.12 bits per heavy atom. The van der Waals surface area contributed by atoms with Gasteiger partial charge in [-0.25, -0.2) is 0 Å². The van der Waals surface area contributed by atoms with Gasteiger partial charge in [-0.2, -0.15) is 0 Å². The minimum atomic E-state index is -0.966. The first-order valence-electron chi connectivity index (χ1n) is 5.55. The summed E-state index contributed by atoms with van der Waals surface area (Å²) in [6.45, 7) is 0.501. The SMILES string of the molecule is NCC(=O)N1CCC[C@H]1C(=O)NCCC(=O)O. The monoisotopic (exact) mass is 243 g/mol. The van der Waals surface area contributed by atoms with Gasteiger partial charge >= 0.3 is 5.97 Å². The Morgan fingerprint density at radius 3 is 2.71 bits per heavy atom. The molecule has 1 heterocycles. The highest BCUT2D eigenvalue weighted by Crippen LogP contribution is 2.17. The molecule has 0 aliphatic carbocycles. The van der Waals surface area contributed by atoms with Crippen LogP contribution in [0.25, 0.3) is 0 Å². The van der Waals surface area contributed by atoms with Crippen LogP contribution in [0.15, 0.2) is 0 Å². The molecule has 7 heteroatoms. The second kappa shape index (κ2) is 6.19. The molecule has 1 rings (SSSR count). The van der Waals surface area contributed by atoms with E-state index in [0.29, 0.717) is 13.0 Å². The lowest BCUT2D eigenvalue weighted by Gasteiger charge is -2.23. The van der Waals surface area contributed by atoms with Gasteiger partial charge in [0.25, 0.3) is 0 Å². The highest BCUT2D eigenvalue weighted by Gasteiger charge is 2.33. The normalized spacial score (nSPS) is 19.1. The maximum absolute atomic E-state index is 11.7. The van der Waals surface area contributed by atoms with E-state index in [-0.39, 0.29) is 31.3 Å². The van der Waals surface area contributed by atoms with Crippen LogP contribution in [0, 0.1) is 0 Å². The summed E-state index contributed by atoms with van der Waals surface area (Å²) >= 11 is 0. The molecule has 0 bridgehead atoms. The minimum absolute atomic E-state index is 0.0787. The van der Waals surface area contributed by atoms with Crippen LogP contribution in [0.2, 0.25) is 0 Å². The number of nitrogens with two attached hydrogens (primary N) is 1. The summed E-state index contributed by atoms with van der Waals surface area (Å²) in [5.41, 5.74) is 5.25. The Morgan fingerprint density at radius 1 is 1.41 bits per heavy atom.